The quantitative estimate of drug-likeness (QED) is 0.451. The molecule has 2 amide bonds. The average molecular weight is 501 g/mol. The summed E-state index contributed by atoms with van der Waals surface area (Å²) in [5, 5.41) is 3.72. The Balaban J connectivity index is 0.980. The maximum atomic E-state index is 12.7. The first-order valence-electron chi connectivity index (χ1n) is 12.5. The molecule has 6 nitrogen and oxygen atoms in total. The largest absolute Gasteiger partial charge is 0.457 e. The first-order chi connectivity index (χ1) is 17.5. The molecule has 0 bridgehead atoms. The van der Waals surface area contributed by atoms with Gasteiger partial charge in [0.1, 0.15) is 11.5 Å². The van der Waals surface area contributed by atoms with Crippen LogP contribution in [0.2, 0.25) is 5.02 Å². The normalized spacial score (nSPS) is 18.1. The van der Waals surface area contributed by atoms with Crippen LogP contribution >= 0.6 is 11.6 Å². The highest BCUT2D eigenvalue weighted by molar-refractivity contribution is 6.30. The molecular formula is C29H29ClN4O2. The fourth-order valence-corrected chi connectivity index (χ4v) is 5.53. The number of ether oxygens (including phenoxy) is 1. The number of likely N-dealkylation sites (tertiary alicyclic amines) is 2. The lowest BCUT2D eigenvalue weighted by atomic mass is 9.72. The van der Waals surface area contributed by atoms with Crippen LogP contribution in [0.5, 0.6) is 11.5 Å². The summed E-state index contributed by atoms with van der Waals surface area (Å²) in [7, 11) is 0. The Labute approximate surface area is 216 Å². The van der Waals surface area contributed by atoms with Gasteiger partial charge in [0.15, 0.2) is 0 Å². The number of piperidine rings is 1. The number of hydrogen-bond donors (Lipinski definition) is 1. The van der Waals surface area contributed by atoms with E-state index < -0.39 is 0 Å². The van der Waals surface area contributed by atoms with Crippen molar-refractivity contribution in [3.05, 3.63) is 88.7 Å². The third kappa shape index (κ3) is 4.97. The zero-order valence-corrected chi connectivity index (χ0v) is 20.9. The number of nitrogens with one attached hydrogen (secondary N) is 1. The third-order valence-corrected chi connectivity index (χ3v) is 7.73. The predicted octanol–water partition coefficient (Wildman–Crippen LogP) is 6.23. The van der Waals surface area contributed by atoms with E-state index in [1.165, 1.54) is 5.56 Å². The van der Waals surface area contributed by atoms with Gasteiger partial charge < -0.3 is 15.0 Å². The number of halogens is 1. The fraction of sp³-hybridized carbons (Fsp3) is 0.310. The third-order valence-electron chi connectivity index (χ3n) is 7.47. The number of carbonyl (C=O) groups excluding carboxylic acids is 1. The maximum Gasteiger partial charge on any atom is 0.321 e. The Morgan fingerprint density at radius 1 is 1.06 bits per heavy atom. The number of rotatable bonds is 5. The van der Waals surface area contributed by atoms with Crippen molar-refractivity contribution in [3.8, 4) is 11.5 Å². The highest BCUT2D eigenvalue weighted by atomic mass is 35.5. The minimum Gasteiger partial charge on any atom is -0.457 e. The van der Waals surface area contributed by atoms with Gasteiger partial charge in [-0.2, -0.15) is 0 Å². The second-order valence-corrected chi connectivity index (χ2v) is 10.6. The molecule has 2 aliphatic heterocycles. The van der Waals surface area contributed by atoms with Crippen LogP contribution in [0.3, 0.4) is 0 Å². The van der Waals surface area contributed by atoms with E-state index in [0.29, 0.717) is 5.02 Å². The number of nitrogens with zero attached hydrogens (tertiary/aromatic N) is 3. The van der Waals surface area contributed by atoms with E-state index >= 15 is 0 Å². The van der Waals surface area contributed by atoms with E-state index in [-0.39, 0.29) is 11.4 Å². The van der Waals surface area contributed by atoms with Gasteiger partial charge >= 0.3 is 6.03 Å². The first kappa shape index (κ1) is 23.1. The number of aromatic nitrogens is 1. The zero-order chi connectivity index (χ0) is 24.5. The monoisotopic (exact) mass is 500 g/mol. The number of amides is 2. The summed E-state index contributed by atoms with van der Waals surface area (Å²) in [6.45, 7) is 4.64. The maximum absolute atomic E-state index is 12.7. The van der Waals surface area contributed by atoms with Gasteiger partial charge in [-0.3, -0.25) is 9.88 Å². The molecule has 36 heavy (non-hydrogen) atoms. The Morgan fingerprint density at radius 3 is 2.67 bits per heavy atom. The second-order valence-electron chi connectivity index (χ2n) is 10.1. The Hall–Kier alpha value is -3.35. The highest BCUT2D eigenvalue weighted by Crippen LogP contribution is 2.41. The van der Waals surface area contributed by atoms with Gasteiger partial charge in [0.25, 0.3) is 0 Å². The number of allylic oxidation sites excluding steroid dienone is 1. The molecule has 1 spiro atoms. The summed E-state index contributed by atoms with van der Waals surface area (Å²) < 4.78 is 5.99. The van der Waals surface area contributed by atoms with Crippen LogP contribution in [0.1, 0.15) is 29.7 Å². The lowest BCUT2D eigenvalue weighted by Crippen LogP contribution is -2.62. The molecular weight excluding hydrogens is 472 g/mol. The molecule has 7 heteroatoms. The van der Waals surface area contributed by atoms with Crippen LogP contribution < -0.4 is 10.1 Å². The van der Waals surface area contributed by atoms with E-state index in [1.54, 1.807) is 6.20 Å². The van der Waals surface area contributed by atoms with Crippen molar-refractivity contribution in [2.45, 2.75) is 25.8 Å². The van der Waals surface area contributed by atoms with Crippen LogP contribution in [0, 0.1) is 5.41 Å². The first-order valence-corrected chi connectivity index (χ1v) is 12.9. The molecule has 184 valence electrons. The van der Waals surface area contributed by atoms with Gasteiger partial charge in [0.2, 0.25) is 0 Å². The number of urea groups is 1. The minimum atomic E-state index is -0.0238. The van der Waals surface area contributed by atoms with Crippen molar-refractivity contribution in [1.82, 2.24) is 14.8 Å². The lowest BCUT2D eigenvalue weighted by molar-refractivity contribution is -0.0200. The van der Waals surface area contributed by atoms with E-state index in [9.17, 15) is 4.79 Å². The number of hydrogen-bond acceptors (Lipinski definition) is 4. The van der Waals surface area contributed by atoms with Crippen LogP contribution in [0.25, 0.3) is 6.08 Å². The van der Waals surface area contributed by atoms with Crippen molar-refractivity contribution >= 4 is 29.4 Å². The summed E-state index contributed by atoms with van der Waals surface area (Å²) >= 11 is 5.97. The van der Waals surface area contributed by atoms with Crippen molar-refractivity contribution in [3.63, 3.8) is 0 Å². The summed E-state index contributed by atoms with van der Waals surface area (Å²) in [5.41, 5.74) is 4.44. The Morgan fingerprint density at radius 2 is 1.86 bits per heavy atom. The fourth-order valence-electron chi connectivity index (χ4n) is 5.41. The molecule has 2 saturated heterocycles. The number of anilines is 1. The molecule has 1 aliphatic carbocycles. The van der Waals surface area contributed by atoms with Crippen molar-refractivity contribution < 1.29 is 9.53 Å². The van der Waals surface area contributed by atoms with E-state index in [4.69, 9.17) is 16.3 Å². The van der Waals surface area contributed by atoms with E-state index in [2.05, 4.69) is 39.5 Å². The van der Waals surface area contributed by atoms with Gasteiger partial charge in [-0.25, -0.2) is 4.79 Å². The molecule has 1 N–H and O–H groups in total. The molecule has 2 aromatic carbocycles. The molecule has 0 saturated carbocycles. The van der Waals surface area contributed by atoms with Gasteiger partial charge in [0.05, 0.1) is 17.6 Å². The van der Waals surface area contributed by atoms with E-state index in [1.807, 2.05) is 47.4 Å². The van der Waals surface area contributed by atoms with Crippen molar-refractivity contribution in [2.75, 3.05) is 31.5 Å². The van der Waals surface area contributed by atoms with Crippen molar-refractivity contribution in [1.29, 1.82) is 0 Å². The molecule has 3 aliphatic rings. The van der Waals surface area contributed by atoms with Crippen LogP contribution in [-0.4, -0.2) is 47.0 Å². The number of pyridine rings is 1. The topological polar surface area (TPSA) is 57.7 Å². The molecule has 6 rings (SSSR count). The zero-order valence-electron chi connectivity index (χ0n) is 20.1. The van der Waals surface area contributed by atoms with Gasteiger partial charge in [-0.15, -0.1) is 0 Å². The van der Waals surface area contributed by atoms with Gasteiger partial charge in [-0.05, 0) is 79.5 Å². The number of benzene rings is 2. The van der Waals surface area contributed by atoms with E-state index in [0.717, 1.165) is 80.4 Å². The molecule has 1 aromatic heterocycles. The SMILES string of the molecule is O=C(Nc1cnc2c(c1)C=CC2)N1CC2(CCN(Cc3cccc(Oc4ccc(Cl)cc4)c3)CC2)C1. The smallest absolute Gasteiger partial charge is 0.321 e. The molecule has 0 unspecified atom stereocenters. The van der Waals surface area contributed by atoms with Crippen molar-refractivity contribution in [2.24, 2.45) is 5.41 Å². The molecule has 0 radical (unpaired) electrons. The standard InChI is InChI=1S/C29H29ClN4O2/c30-23-7-9-25(10-8-23)36-26-5-1-3-21(15-26)18-33-13-11-29(12-14-33)19-34(20-29)28(35)32-24-16-22-4-2-6-27(22)31-17-24/h1-5,7-10,15-17H,6,11-14,18-20H2,(H,32,35). The number of fused-ring (bicyclic) bond motifs is 1. The Bertz CT molecular complexity index is 1290. The number of carbonyl (C=O) groups is 1. The summed E-state index contributed by atoms with van der Waals surface area (Å²) in [6, 6.07) is 17.7. The predicted molar refractivity (Wildman–Crippen MR) is 142 cm³/mol. The molecule has 0 atom stereocenters. The minimum absolute atomic E-state index is 0.0238. The average Bonchev–Trinajstić information content (AvgIpc) is 3.33. The van der Waals surface area contributed by atoms with Crippen LogP contribution in [0.15, 0.2) is 66.9 Å². The van der Waals surface area contributed by atoms with Gasteiger partial charge in [0, 0.05) is 36.5 Å². The summed E-state index contributed by atoms with van der Waals surface area (Å²) in [5.74, 6) is 1.61. The second kappa shape index (κ2) is 9.60. The molecule has 3 heterocycles. The molecule has 2 fully saturated rings. The Kier molecular flexibility index (Phi) is 6.15. The van der Waals surface area contributed by atoms with Crippen LogP contribution in [0.4, 0.5) is 10.5 Å². The highest BCUT2D eigenvalue weighted by Gasteiger charge is 2.46. The van der Waals surface area contributed by atoms with Crippen LogP contribution in [-0.2, 0) is 13.0 Å². The lowest BCUT2D eigenvalue weighted by Gasteiger charge is -2.53. The summed E-state index contributed by atoms with van der Waals surface area (Å²) in [6.07, 6.45) is 9.02. The van der Waals surface area contributed by atoms with Gasteiger partial charge in [-0.1, -0.05) is 35.9 Å². The summed E-state index contributed by atoms with van der Waals surface area (Å²) in [4.78, 5) is 21.6. The molecule has 3 aromatic rings.